The van der Waals surface area contributed by atoms with Gasteiger partial charge in [-0.2, -0.15) is 0 Å². The Balaban J connectivity index is 0.000000349. The number of nitrogens with zero attached hydrogens (tertiary/aromatic N) is 4. The summed E-state index contributed by atoms with van der Waals surface area (Å²) in [4.78, 5) is 41.0. The monoisotopic (exact) mass is 496 g/mol. The van der Waals surface area contributed by atoms with Crippen molar-refractivity contribution in [1.29, 1.82) is 0 Å². The Hall–Kier alpha value is -5.05. The number of aryl methyl sites for hydroxylation is 2. The molecule has 0 unspecified atom stereocenters. The van der Waals surface area contributed by atoms with Gasteiger partial charge < -0.3 is 14.8 Å². The third-order valence-electron chi connectivity index (χ3n) is 5.59. The van der Waals surface area contributed by atoms with E-state index in [1.54, 1.807) is 22.9 Å². The number of carboxylic acid groups (broad SMARTS) is 2. The maximum atomic E-state index is 13.0. The molecular weight excluding hydrogens is 472 g/mol. The third kappa shape index (κ3) is 6.15. The number of fused-ring (bicyclic) bond motifs is 3. The molecule has 0 atom stereocenters. The number of imidazole rings is 1. The van der Waals surface area contributed by atoms with Crippen LogP contribution >= 0.6 is 0 Å². The molecule has 0 saturated carbocycles. The minimum atomic E-state index is -1.26. The molecule has 0 aliphatic rings. The van der Waals surface area contributed by atoms with Crippen molar-refractivity contribution in [2.75, 3.05) is 0 Å². The lowest BCUT2D eigenvalue weighted by molar-refractivity contribution is -0.134. The first-order valence-electron chi connectivity index (χ1n) is 11.5. The van der Waals surface area contributed by atoms with E-state index in [-0.39, 0.29) is 5.56 Å². The predicted molar refractivity (Wildman–Crippen MR) is 139 cm³/mol. The van der Waals surface area contributed by atoms with Crippen molar-refractivity contribution in [2.45, 2.75) is 19.4 Å². The summed E-state index contributed by atoms with van der Waals surface area (Å²) in [6.45, 7) is 0.790. The second kappa shape index (κ2) is 11.6. The zero-order chi connectivity index (χ0) is 26.2. The van der Waals surface area contributed by atoms with Crippen LogP contribution in [0.2, 0.25) is 0 Å². The maximum absolute atomic E-state index is 13.0. The maximum Gasteiger partial charge on any atom is 0.328 e. The number of benzene rings is 2. The highest BCUT2D eigenvalue weighted by atomic mass is 16.4. The summed E-state index contributed by atoms with van der Waals surface area (Å²) in [5, 5.41) is 15.6. The number of rotatable bonds is 7. The quantitative estimate of drug-likeness (QED) is 0.325. The van der Waals surface area contributed by atoms with E-state index in [2.05, 4.69) is 39.9 Å². The number of carboxylic acids is 2. The Morgan fingerprint density at radius 3 is 2.11 bits per heavy atom. The van der Waals surface area contributed by atoms with Crippen molar-refractivity contribution in [3.63, 3.8) is 0 Å². The number of aromatic nitrogens is 4. The molecule has 9 nitrogen and oxygen atoms in total. The van der Waals surface area contributed by atoms with Crippen LogP contribution in [0.15, 0.2) is 102 Å². The highest BCUT2D eigenvalue weighted by molar-refractivity contribution is 5.89. The first-order chi connectivity index (χ1) is 17.9. The molecule has 9 heteroatoms. The molecule has 3 heterocycles. The van der Waals surface area contributed by atoms with Crippen LogP contribution in [-0.2, 0) is 22.6 Å². The van der Waals surface area contributed by atoms with Gasteiger partial charge >= 0.3 is 11.9 Å². The SMILES string of the molecule is O=C(O)/C=C\C(=O)O.O=c1cc(-c2ccncc2)nc2n(CCCc3ccccc3)c3ccccc3n12. The lowest BCUT2D eigenvalue weighted by Crippen LogP contribution is -2.14. The average molecular weight is 497 g/mol. The Morgan fingerprint density at radius 1 is 0.838 bits per heavy atom. The van der Waals surface area contributed by atoms with Gasteiger partial charge in [-0.1, -0.05) is 42.5 Å². The lowest BCUT2D eigenvalue weighted by Gasteiger charge is -2.07. The van der Waals surface area contributed by atoms with E-state index in [0.717, 1.165) is 36.0 Å². The van der Waals surface area contributed by atoms with Crippen molar-refractivity contribution in [3.05, 3.63) is 113 Å². The van der Waals surface area contributed by atoms with Gasteiger partial charge in [0.15, 0.2) is 0 Å². The molecule has 37 heavy (non-hydrogen) atoms. The minimum absolute atomic E-state index is 0.0696. The van der Waals surface area contributed by atoms with Crippen LogP contribution in [0.1, 0.15) is 12.0 Å². The molecule has 0 aliphatic carbocycles. The lowest BCUT2D eigenvalue weighted by atomic mass is 10.1. The molecular formula is C28H24N4O5. The summed E-state index contributed by atoms with van der Waals surface area (Å²) in [7, 11) is 0. The van der Waals surface area contributed by atoms with Gasteiger partial charge in [-0.15, -0.1) is 0 Å². The standard InChI is InChI=1S/C24H20N4O.C4H4O4/c29-23-17-20(19-12-14-25-15-13-19)26-24-27(16-6-9-18-7-2-1-3-8-18)21-10-4-5-11-22(21)28(23)24;5-3(6)1-2-4(7)8/h1-5,7-8,10-15,17H,6,9,16H2;1-2H,(H,5,6)(H,7,8)/b;2-1-. The van der Waals surface area contributed by atoms with E-state index < -0.39 is 11.9 Å². The van der Waals surface area contributed by atoms with Crippen LogP contribution in [0.5, 0.6) is 0 Å². The van der Waals surface area contributed by atoms with Gasteiger partial charge in [0.05, 0.1) is 16.7 Å². The molecule has 5 rings (SSSR count). The van der Waals surface area contributed by atoms with Crippen molar-refractivity contribution in [1.82, 2.24) is 18.9 Å². The molecule has 0 saturated heterocycles. The second-order valence-electron chi connectivity index (χ2n) is 8.09. The van der Waals surface area contributed by atoms with Crippen molar-refractivity contribution in [2.24, 2.45) is 0 Å². The van der Waals surface area contributed by atoms with Crippen LogP contribution in [0, 0.1) is 0 Å². The van der Waals surface area contributed by atoms with Gasteiger partial charge in [0.1, 0.15) is 0 Å². The smallest absolute Gasteiger partial charge is 0.328 e. The fraction of sp³-hybridized carbons (Fsp3) is 0.107. The number of aliphatic carboxylic acids is 2. The molecule has 0 spiro atoms. The summed E-state index contributed by atoms with van der Waals surface area (Å²) in [6, 6.07) is 23.8. The molecule has 0 radical (unpaired) electrons. The largest absolute Gasteiger partial charge is 0.478 e. The summed E-state index contributed by atoms with van der Waals surface area (Å²) >= 11 is 0. The van der Waals surface area contributed by atoms with E-state index >= 15 is 0 Å². The first kappa shape index (κ1) is 25.1. The Bertz CT molecular complexity index is 1610. The highest BCUT2D eigenvalue weighted by Crippen LogP contribution is 2.22. The molecule has 2 aromatic carbocycles. The number of pyridine rings is 1. The van der Waals surface area contributed by atoms with Crippen LogP contribution in [0.3, 0.4) is 0 Å². The van der Waals surface area contributed by atoms with Crippen molar-refractivity contribution >= 4 is 28.7 Å². The van der Waals surface area contributed by atoms with Gasteiger partial charge in [0, 0.05) is 42.7 Å². The fourth-order valence-electron chi connectivity index (χ4n) is 3.99. The number of hydrogen-bond donors (Lipinski definition) is 2. The zero-order valence-corrected chi connectivity index (χ0v) is 19.8. The number of para-hydroxylation sites is 2. The molecule has 2 N–H and O–H groups in total. The third-order valence-corrected chi connectivity index (χ3v) is 5.59. The van der Waals surface area contributed by atoms with Crippen molar-refractivity contribution in [3.8, 4) is 11.3 Å². The highest BCUT2D eigenvalue weighted by Gasteiger charge is 2.15. The van der Waals surface area contributed by atoms with Crippen LogP contribution < -0.4 is 5.56 Å². The molecule has 5 aromatic rings. The molecule has 186 valence electrons. The summed E-state index contributed by atoms with van der Waals surface area (Å²) in [5.41, 5.74) is 4.72. The van der Waals surface area contributed by atoms with Gasteiger partial charge in [-0.25, -0.2) is 19.0 Å². The van der Waals surface area contributed by atoms with Crippen LogP contribution in [0.4, 0.5) is 0 Å². The van der Waals surface area contributed by atoms with Crippen LogP contribution in [-0.4, -0.2) is 41.1 Å². The normalized spacial score (nSPS) is 10.9. The molecule has 0 aliphatic heterocycles. The van der Waals surface area contributed by atoms with Crippen molar-refractivity contribution < 1.29 is 19.8 Å². The molecule has 3 aromatic heterocycles. The Kier molecular flexibility index (Phi) is 7.85. The molecule has 0 bridgehead atoms. The first-order valence-corrected chi connectivity index (χ1v) is 11.5. The minimum Gasteiger partial charge on any atom is -0.478 e. The predicted octanol–water partition coefficient (Wildman–Crippen LogP) is 4.06. The average Bonchev–Trinajstić information content (AvgIpc) is 3.23. The van der Waals surface area contributed by atoms with Gasteiger partial charge in [-0.3, -0.25) is 9.78 Å². The Morgan fingerprint density at radius 2 is 1.46 bits per heavy atom. The topological polar surface area (TPSA) is 127 Å². The van der Waals surface area contributed by atoms with Gasteiger partial charge in [-0.05, 0) is 42.7 Å². The number of hydrogen-bond acceptors (Lipinski definition) is 5. The van der Waals surface area contributed by atoms with Gasteiger partial charge in [0.25, 0.3) is 5.56 Å². The van der Waals surface area contributed by atoms with E-state index in [4.69, 9.17) is 15.2 Å². The summed E-state index contributed by atoms with van der Waals surface area (Å²) in [5.74, 6) is -1.83. The number of carbonyl (C=O) groups is 2. The molecule has 0 fully saturated rings. The van der Waals surface area contributed by atoms with E-state index in [9.17, 15) is 14.4 Å². The van der Waals surface area contributed by atoms with E-state index in [0.29, 0.717) is 23.6 Å². The zero-order valence-electron chi connectivity index (χ0n) is 19.8. The van der Waals surface area contributed by atoms with E-state index in [1.807, 2.05) is 36.4 Å². The fourth-order valence-corrected chi connectivity index (χ4v) is 3.99. The summed E-state index contributed by atoms with van der Waals surface area (Å²) in [6.07, 6.45) is 6.49. The van der Waals surface area contributed by atoms with E-state index in [1.165, 1.54) is 5.56 Å². The van der Waals surface area contributed by atoms with Crippen LogP contribution in [0.25, 0.3) is 28.1 Å². The summed E-state index contributed by atoms with van der Waals surface area (Å²) < 4.78 is 3.87. The van der Waals surface area contributed by atoms with Gasteiger partial charge in [0.2, 0.25) is 5.78 Å². The molecule has 0 amide bonds. The second-order valence-corrected chi connectivity index (χ2v) is 8.09. The Labute approximate surface area is 211 Å².